The Labute approximate surface area is 117 Å². The molecule has 1 N–H and O–H groups in total. The molecule has 1 heterocycles. The van der Waals surface area contributed by atoms with Crippen LogP contribution < -0.4 is 5.32 Å². The molecule has 1 saturated heterocycles. The SMILES string of the molecule is CCS(=O)(=O)CCN1CCC(CNCCOC)CC1. The number of ether oxygens (including phenoxy) is 1. The Hall–Kier alpha value is -0.170. The fourth-order valence-corrected chi connectivity index (χ4v) is 3.13. The number of nitrogens with zero attached hydrogens (tertiary/aromatic N) is 1. The van der Waals surface area contributed by atoms with Gasteiger partial charge in [0.05, 0.1) is 12.4 Å². The van der Waals surface area contributed by atoms with Crippen LogP contribution in [0.3, 0.4) is 0 Å². The molecule has 1 fully saturated rings. The number of nitrogens with one attached hydrogen (secondary N) is 1. The van der Waals surface area contributed by atoms with Crippen LogP contribution in [0.4, 0.5) is 0 Å². The molecule has 0 aromatic heterocycles. The monoisotopic (exact) mass is 292 g/mol. The molecule has 0 saturated carbocycles. The summed E-state index contributed by atoms with van der Waals surface area (Å²) in [6.45, 7) is 7.17. The highest BCUT2D eigenvalue weighted by Gasteiger charge is 2.20. The predicted molar refractivity (Wildman–Crippen MR) is 78.2 cm³/mol. The Bertz CT molecular complexity index is 325. The van der Waals surface area contributed by atoms with E-state index in [0.29, 0.717) is 12.3 Å². The first-order valence-corrected chi connectivity index (χ1v) is 9.02. The van der Waals surface area contributed by atoms with Crippen LogP contribution in [0.15, 0.2) is 0 Å². The predicted octanol–water partition coefficient (Wildman–Crippen LogP) is 0.369. The third kappa shape index (κ3) is 7.25. The van der Waals surface area contributed by atoms with Gasteiger partial charge in [-0.15, -0.1) is 0 Å². The number of hydrogen-bond acceptors (Lipinski definition) is 5. The van der Waals surface area contributed by atoms with Crippen LogP contribution in [0, 0.1) is 5.92 Å². The van der Waals surface area contributed by atoms with E-state index in [2.05, 4.69) is 10.2 Å². The maximum atomic E-state index is 11.5. The van der Waals surface area contributed by atoms with Crippen molar-refractivity contribution < 1.29 is 13.2 Å². The van der Waals surface area contributed by atoms with Crippen molar-refractivity contribution in [3.05, 3.63) is 0 Å². The Morgan fingerprint density at radius 1 is 1.32 bits per heavy atom. The molecule has 5 nitrogen and oxygen atoms in total. The highest BCUT2D eigenvalue weighted by Crippen LogP contribution is 2.16. The second kappa shape index (κ2) is 8.89. The summed E-state index contributed by atoms with van der Waals surface area (Å²) in [5.41, 5.74) is 0. The van der Waals surface area contributed by atoms with Gasteiger partial charge in [0.2, 0.25) is 0 Å². The molecule has 1 rings (SSSR count). The smallest absolute Gasteiger partial charge is 0.151 e. The van der Waals surface area contributed by atoms with Crippen LogP contribution in [0.1, 0.15) is 19.8 Å². The first kappa shape index (κ1) is 16.9. The van der Waals surface area contributed by atoms with Gasteiger partial charge in [-0.25, -0.2) is 8.42 Å². The van der Waals surface area contributed by atoms with Crippen LogP contribution in [0.2, 0.25) is 0 Å². The van der Waals surface area contributed by atoms with Crippen molar-refractivity contribution >= 4 is 9.84 Å². The summed E-state index contributed by atoms with van der Waals surface area (Å²) in [5, 5.41) is 3.40. The van der Waals surface area contributed by atoms with Crippen molar-refractivity contribution in [1.82, 2.24) is 10.2 Å². The quantitative estimate of drug-likeness (QED) is 0.622. The second-order valence-electron chi connectivity index (χ2n) is 5.22. The fourth-order valence-electron chi connectivity index (χ4n) is 2.31. The van der Waals surface area contributed by atoms with E-state index in [-0.39, 0.29) is 5.75 Å². The molecule has 0 atom stereocenters. The van der Waals surface area contributed by atoms with Gasteiger partial charge in [0.15, 0.2) is 9.84 Å². The molecule has 6 heteroatoms. The van der Waals surface area contributed by atoms with Crippen LogP contribution in [0.5, 0.6) is 0 Å². The minimum Gasteiger partial charge on any atom is -0.383 e. The molecule has 1 aliphatic heterocycles. The summed E-state index contributed by atoms with van der Waals surface area (Å²) in [6, 6.07) is 0. The Morgan fingerprint density at radius 3 is 2.58 bits per heavy atom. The summed E-state index contributed by atoms with van der Waals surface area (Å²) in [4.78, 5) is 2.28. The lowest BCUT2D eigenvalue weighted by molar-refractivity contribution is 0.178. The molecule has 114 valence electrons. The Morgan fingerprint density at radius 2 is 2.00 bits per heavy atom. The molecule has 19 heavy (non-hydrogen) atoms. The number of sulfone groups is 1. The van der Waals surface area contributed by atoms with Gasteiger partial charge in [-0.3, -0.25) is 0 Å². The summed E-state index contributed by atoms with van der Waals surface area (Å²) in [5.74, 6) is 1.28. The molecule has 0 spiro atoms. The summed E-state index contributed by atoms with van der Waals surface area (Å²) < 4.78 is 27.9. The van der Waals surface area contributed by atoms with E-state index in [4.69, 9.17) is 4.74 Å². The normalized spacial score (nSPS) is 18.8. The lowest BCUT2D eigenvalue weighted by Gasteiger charge is -2.31. The highest BCUT2D eigenvalue weighted by atomic mass is 32.2. The van der Waals surface area contributed by atoms with E-state index in [1.54, 1.807) is 14.0 Å². The zero-order valence-corrected chi connectivity index (χ0v) is 13.0. The molecule has 1 aliphatic rings. The molecule has 0 aromatic rings. The van der Waals surface area contributed by atoms with Gasteiger partial charge in [0.1, 0.15) is 0 Å². The molecule has 0 amide bonds. The van der Waals surface area contributed by atoms with E-state index in [9.17, 15) is 8.42 Å². The number of rotatable bonds is 9. The lowest BCUT2D eigenvalue weighted by atomic mass is 9.97. The van der Waals surface area contributed by atoms with Gasteiger partial charge in [-0.1, -0.05) is 6.92 Å². The van der Waals surface area contributed by atoms with Gasteiger partial charge in [-0.2, -0.15) is 0 Å². The third-order valence-electron chi connectivity index (χ3n) is 3.78. The number of piperidine rings is 1. The van der Waals surface area contributed by atoms with Crippen molar-refractivity contribution in [2.24, 2.45) is 5.92 Å². The molecular weight excluding hydrogens is 264 g/mol. The van der Waals surface area contributed by atoms with Crippen molar-refractivity contribution in [2.45, 2.75) is 19.8 Å². The topological polar surface area (TPSA) is 58.6 Å². The third-order valence-corrected chi connectivity index (χ3v) is 5.47. The van der Waals surface area contributed by atoms with E-state index in [1.807, 2.05) is 0 Å². The second-order valence-corrected chi connectivity index (χ2v) is 7.69. The van der Waals surface area contributed by atoms with Crippen molar-refractivity contribution in [3.63, 3.8) is 0 Å². The number of hydrogen-bond donors (Lipinski definition) is 1. The zero-order chi connectivity index (χ0) is 14.1. The molecular formula is C13H28N2O3S. The molecule has 0 unspecified atom stereocenters. The largest absolute Gasteiger partial charge is 0.383 e. The number of methoxy groups -OCH3 is 1. The van der Waals surface area contributed by atoms with Crippen molar-refractivity contribution in [3.8, 4) is 0 Å². The Balaban J connectivity index is 2.11. The zero-order valence-electron chi connectivity index (χ0n) is 12.2. The maximum Gasteiger partial charge on any atom is 0.151 e. The van der Waals surface area contributed by atoms with Crippen LogP contribution in [-0.2, 0) is 14.6 Å². The number of likely N-dealkylation sites (tertiary alicyclic amines) is 1. The maximum absolute atomic E-state index is 11.5. The van der Waals surface area contributed by atoms with E-state index in [0.717, 1.165) is 51.5 Å². The van der Waals surface area contributed by atoms with E-state index >= 15 is 0 Å². The van der Waals surface area contributed by atoms with Gasteiger partial charge in [0.25, 0.3) is 0 Å². The van der Waals surface area contributed by atoms with E-state index < -0.39 is 9.84 Å². The highest BCUT2D eigenvalue weighted by molar-refractivity contribution is 7.91. The van der Waals surface area contributed by atoms with Crippen LogP contribution in [0.25, 0.3) is 0 Å². The standard InChI is InChI=1S/C13H28N2O3S/c1-3-19(16,17)11-9-15-7-4-13(5-8-15)12-14-6-10-18-2/h13-14H,3-12H2,1-2H3. The van der Waals surface area contributed by atoms with Crippen molar-refractivity contribution in [1.29, 1.82) is 0 Å². The molecule has 0 bridgehead atoms. The van der Waals surface area contributed by atoms with Crippen LogP contribution in [-0.4, -0.2) is 71.3 Å². The molecule has 0 radical (unpaired) electrons. The van der Waals surface area contributed by atoms with Gasteiger partial charge >= 0.3 is 0 Å². The van der Waals surface area contributed by atoms with Gasteiger partial charge < -0.3 is 15.0 Å². The average molecular weight is 292 g/mol. The first-order chi connectivity index (χ1) is 9.07. The lowest BCUT2D eigenvalue weighted by Crippen LogP contribution is -2.40. The summed E-state index contributed by atoms with van der Waals surface area (Å²) in [7, 11) is -1.11. The fraction of sp³-hybridized carbons (Fsp3) is 1.00. The molecule has 0 aromatic carbocycles. The Kier molecular flexibility index (Phi) is 7.90. The van der Waals surface area contributed by atoms with E-state index in [1.165, 1.54) is 0 Å². The van der Waals surface area contributed by atoms with Gasteiger partial charge in [-0.05, 0) is 38.4 Å². The minimum atomic E-state index is -2.82. The molecule has 0 aliphatic carbocycles. The average Bonchev–Trinajstić information content (AvgIpc) is 2.43. The summed E-state index contributed by atoms with van der Waals surface area (Å²) >= 11 is 0. The minimum absolute atomic E-state index is 0.257. The van der Waals surface area contributed by atoms with Crippen LogP contribution >= 0.6 is 0 Å². The summed E-state index contributed by atoms with van der Waals surface area (Å²) in [6.07, 6.45) is 2.32. The van der Waals surface area contributed by atoms with Crippen molar-refractivity contribution in [2.75, 3.05) is 57.9 Å². The van der Waals surface area contributed by atoms with Gasteiger partial charge in [0, 0.05) is 26.0 Å². The first-order valence-electron chi connectivity index (χ1n) is 7.20.